The number of rotatable bonds is 3. The number of nitrogens with two attached hydrogens (primary N) is 1. The number of alkyl halides is 3. The van der Waals surface area contributed by atoms with Gasteiger partial charge >= 0.3 is 18.1 Å². The van der Waals surface area contributed by atoms with Gasteiger partial charge in [-0.05, 0) is 29.3 Å². The fraction of sp³-hybridized carbons (Fsp3) is 0.111. The predicted molar refractivity (Wildman–Crippen MR) is 95.4 cm³/mol. The molecule has 1 heterocycles. The number of aromatic nitrogens is 2. The van der Waals surface area contributed by atoms with Gasteiger partial charge in [0.2, 0.25) is 5.95 Å². The lowest BCUT2D eigenvalue weighted by Crippen LogP contribution is -2.28. The summed E-state index contributed by atoms with van der Waals surface area (Å²) in [6, 6.07) is 10.7. The molecule has 0 aliphatic heterocycles. The van der Waals surface area contributed by atoms with Crippen LogP contribution < -0.4 is 11.1 Å². The molecule has 3 aromatic rings. The number of ether oxygens (including phenoxy) is 1. The number of anilines is 2. The summed E-state index contributed by atoms with van der Waals surface area (Å²) in [5.41, 5.74) is 6.69. The highest BCUT2D eigenvalue weighted by Crippen LogP contribution is 2.30. The van der Waals surface area contributed by atoms with Crippen molar-refractivity contribution in [1.29, 1.82) is 0 Å². The van der Waals surface area contributed by atoms with Crippen LogP contribution in [0.3, 0.4) is 0 Å². The van der Waals surface area contributed by atoms with Crippen LogP contribution >= 0.6 is 0 Å². The first-order chi connectivity index (χ1) is 13.2. The van der Waals surface area contributed by atoms with E-state index in [9.17, 15) is 22.8 Å². The molecule has 3 rings (SSSR count). The van der Waals surface area contributed by atoms with Gasteiger partial charge in [0.05, 0.1) is 11.1 Å². The molecule has 0 amide bonds. The summed E-state index contributed by atoms with van der Waals surface area (Å²) >= 11 is 0. The van der Waals surface area contributed by atoms with Gasteiger partial charge in [-0.3, -0.25) is 0 Å². The van der Waals surface area contributed by atoms with E-state index in [0.717, 1.165) is 0 Å². The summed E-state index contributed by atoms with van der Waals surface area (Å²) in [4.78, 5) is 31.3. The Labute approximate surface area is 156 Å². The van der Waals surface area contributed by atoms with E-state index < -0.39 is 18.1 Å². The van der Waals surface area contributed by atoms with Crippen molar-refractivity contribution in [2.24, 2.45) is 0 Å². The van der Waals surface area contributed by atoms with Crippen LogP contribution in [0, 0.1) is 0 Å². The Morgan fingerprint density at radius 1 is 1.11 bits per heavy atom. The van der Waals surface area contributed by atoms with Crippen molar-refractivity contribution in [2.75, 3.05) is 18.1 Å². The summed E-state index contributed by atoms with van der Waals surface area (Å²) in [7, 11) is 1.66. The summed E-state index contributed by atoms with van der Waals surface area (Å²) in [6.07, 6.45) is -5.27. The van der Waals surface area contributed by atoms with E-state index in [2.05, 4.69) is 20.0 Å². The standard InChI is InChI=1S/C18H13F3N4O3/c1-23-14-12-7-6-9(8-13(12)24-17(22)25-14)10-4-2-3-5-11(10)15(26)28-16(27)18(19,20)21/h2-8H,1H3,(H3,22,23,24,25). The van der Waals surface area contributed by atoms with E-state index >= 15 is 0 Å². The summed E-state index contributed by atoms with van der Waals surface area (Å²) < 4.78 is 41.1. The molecule has 0 spiro atoms. The fourth-order valence-electron chi connectivity index (χ4n) is 2.62. The molecule has 7 nitrogen and oxygen atoms in total. The Kier molecular flexibility index (Phi) is 4.87. The third-order valence-electron chi connectivity index (χ3n) is 3.83. The van der Waals surface area contributed by atoms with Crippen LogP contribution in [0.2, 0.25) is 0 Å². The Bertz CT molecular complexity index is 1080. The van der Waals surface area contributed by atoms with Crippen molar-refractivity contribution in [3.8, 4) is 11.1 Å². The molecule has 0 saturated heterocycles. The maximum Gasteiger partial charge on any atom is 0.491 e. The molecule has 0 unspecified atom stereocenters. The molecule has 2 aromatic carbocycles. The molecule has 0 aliphatic rings. The Hall–Kier alpha value is -3.69. The number of nitrogen functional groups attached to an aromatic ring is 1. The smallest absolute Gasteiger partial charge is 0.383 e. The normalized spacial score (nSPS) is 11.3. The number of hydrogen-bond donors (Lipinski definition) is 2. The molecule has 0 aliphatic carbocycles. The second kappa shape index (κ2) is 7.14. The topological polar surface area (TPSA) is 107 Å². The van der Waals surface area contributed by atoms with Crippen molar-refractivity contribution >= 4 is 34.6 Å². The van der Waals surface area contributed by atoms with E-state index in [1.807, 2.05) is 0 Å². The van der Waals surface area contributed by atoms with Gasteiger partial charge in [-0.25, -0.2) is 14.6 Å². The number of carbonyl (C=O) groups excluding carboxylic acids is 2. The number of esters is 2. The molecule has 10 heteroatoms. The van der Waals surface area contributed by atoms with Gasteiger partial charge in [-0.15, -0.1) is 0 Å². The fourth-order valence-corrected chi connectivity index (χ4v) is 2.62. The zero-order valence-electron chi connectivity index (χ0n) is 14.4. The average molecular weight is 390 g/mol. The third-order valence-corrected chi connectivity index (χ3v) is 3.83. The number of halogens is 3. The Balaban J connectivity index is 2.05. The van der Waals surface area contributed by atoms with Crippen LogP contribution in [0.15, 0.2) is 42.5 Å². The predicted octanol–water partition coefficient (Wildman–Crippen LogP) is 3.17. The zero-order chi connectivity index (χ0) is 20.5. The van der Waals surface area contributed by atoms with E-state index in [0.29, 0.717) is 22.3 Å². The second-order valence-corrected chi connectivity index (χ2v) is 5.63. The first kappa shape index (κ1) is 19.1. The third kappa shape index (κ3) is 3.70. The molecular formula is C18H13F3N4O3. The van der Waals surface area contributed by atoms with Gasteiger partial charge in [-0.1, -0.05) is 24.3 Å². The molecule has 144 valence electrons. The molecule has 3 N–H and O–H groups in total. The highest BCUT2D eigenvalue weighted by Gasteiger charge is 2.42. The van der Waals surface area contributed by atoms with Crippen molar-refractivity contribution in [3.63, 3.8) is 0 Å². The van der Waals surface area contributed by atoms with Crippen molar-refractivity contribution in [3.05, 3.63) is 48.0 Å². The van der Waals surface area contributed by atoms with Crippen molar-refractivity contribution in [1.82, 2.24) is 9.97 Å². The van der Waals surface area contributed by atoms with Crippen LogP contribution in [0.25, 0.3) is 22.0 Å². The first-order valence-corrected chi connectivity index (χ1v) is 7.88. The monoisotopic (exact) mass is 390 g/mol. The molecule has 0 fully saturated rings. The van der Waals surface area contributed by atoms with Gasteiger partial charge in [0.1, 0.15) is 5.82 Å². The number of carbonyl (C=O) groups is 2. The van der Waals surface area contributed by atoms with E-state index in [4.69, 9.17) is 5.73 Å². The lowest BCUT2D eigenvalue weighted by atomic mass is 9.98. The molecule has 0 saturated carbocycles. The van der Waals surface area contributed by atoms with E-state index in [-0.39, 0.29) is 17.1 Å². The maximum atomic E-state index is 12.4. The van der Waals surface area contributed by atoms with Crippen LogP contribution in [-0.2, 0) is 9.53 Å². The molecular weight excluding hydrogens is 377 g/mol. The van der Waals surface area contributed by atoms with Gasteiger partial charge < -0.3 is 15.8 Å². The van der Waals surface area contributed by atoms with E-state index in [1.165, 1.54) is 18.2 Å². The molecule has 0 bridgehead atoms. The Morgan fingerprint density at radius 2 is 1.82 bits per heavy atom. The SMILES string of the molecule is CNc1nc(N)nc2cc(-c3ccccc3C(=O)OC(=O)C(F)(F)F)ccc12. The highest BCUT2D eigenvalue weighted by atomic mass is 19.4. The zero-order valence-corrected chi connectivity index (χ0v) is 14.4. The first-order valence-electron chi connectivity index (χ1n) is 7.88. The van der Waals surface area contributed by atoms with Crippen LogP contribution in [0.5, 0.6) is 0 Å². The molecule has 0 atom stereocenters. The minimum absolute atomic E-state index is 0.0254. The van der Waals surface area contributed by atoms with Crippen molar-refractivity contribution < 1.29 is 27.5 Å². The minimum Gasteiger partial charge on any atom is -0.383 e. The lowest BCUT2D eigenvalue weighted by Gasteiger charge is -2.11. The average Bonchev–Trinajstić information content (AvgIpc) is 2.65. The van der Waals surface area contributed by atoms with Gasteiger partial charge in [-0.2, -0.15) is 18.2 Å². The van der Waals surface area contributed by atoms with Crippen LogP contribution in [0.1, 0.15) is 10.4 Å². The maximum absolute atomic E-state index is 12.4. The van der Waals surface area contributed by atoms with Crippen molar-refractivity contribution in [2.45, 2.75) is 6.18 Å². The number of nitrogens with zero attached hydrogens (tertiary/aromatic N) is 2. The summed E-state index contributed by atoms with van der Waals surface area (Å²) in [6.45, 7) is 0. The van der Waals surface area contributed by atoms with Gasteiger partial charge in [0, 0.05) is 12.4 Å². The molecule has 28 heavy (non-hydrogen) atoms. The highest BCUT2D eigenvalue weighted by molar-refractivity contribution is 6.04. The quantitative estimate of drug-likeness (QED) is 0.522. The summed E-state index contributed by atoms with van der Waals surface area (Å²) in [5.74, 6) is -3.46. The Morgan fingerprint density at radius 3 is 2.50 bits per heavy atom. The number of nitrogens with one attached hydrogen (secondary N) is 1. The lowest BCUT2D eigenvalue weighted by molar-refractivity contribution is -0.193. The minimum atomic E-state index is -5.27. The number of hydrogen-bond acceptors (Lipinski definition) is 7. The molecule has 0 radical (unpaired) electrons. The molecule has 1 aromatic heterocycles. The van der Waals surface area contributed by atoms with E-state index in [1.54, 1.807) is 31.3 Å². The van der Waals surface area contributed by atoms with Gasteiger partial charge in [0.25, 0.3) is 0 Å². The summed E-state index contributed by atoms with van der Waals surface area (Å²) in [5, 5.41) is 3.55. The van der Waals surface area contributed by atoms with Crippen LogP contribution in [0.4, 0.5) is 24.9 Å². The number of benzene rings is 2. The second-order valence-electron chi connectivity index (χ2n) is 5.63. The van der Waals surface area contributed by atoms with Gasteiger partial charge in [0.15, 0.2) is 0 Å². The van der Waals surface area contributed by atoms with Crippen LogP contribution in [-0.4, -0.2) is 35.1 Å². The number of fused-ring (bicyclic) bond motifs is 1. The largest absolute Gasteiger partial charge is 0.491 e.